The first-order valence-corrected chi connectivity index (χ1v) is 7.81. The second-order valence-corrected chi connectivity index (χ2v) is 6.79. The van der Waals surface area contributed by atoms with Crippen LogP contribution < -0.4 is 10.5 Å². The Morgan fingerprint density at radius 2 is 2.05 bits per heavy atom. The highest BCUT2D eigenvalue weighted by atomic mass is 32.2. The van der Waals surface area contributed by atoms with Crippen LogP contribution in [0.5, 0.6) is 0 Å². The van der Waals surface area contributed by atoms with Crippen LogP contribution in [0.2, 0.25) is 0 Å². The molecule has 2 heterocycles. The Morgan fingerprint density at radius 1 is 1.20 bits per heavy atom. The summed E-state index contributed by atoms with van der Waals surface area (Å²) in [5.41, 5.74) is 6.60. The minimum absolute atomic E-state index is 0.105. The van der Waals surface area contributed by atoms with Crippen molar-refractivity contribution in [2.24, 2.45) is 0 Å². The van der Waals surface area contributed by atoms with Crippen molar-refractivity contribution >= 4 is 43.1 Å². The summed E-state index contributed by atoms with van der Waals surface area (Å²) >= 11 is 0.810. The van der Waals surface area contributed by atoms with Gasteiger partial charge in [-0.1, -0.05) is 17.4 Å². The summed E-state index contributed by atoms with van der Waals surface area (Å²) in [6.45, 7) is 0. The van der Waals surface area contributed by atoms with Gasteiger partial charge in [-0.3, -0.25) is 9.71 Å². The maximum atomic E-state index is 12.1. The topological polar surface area (TPSA) is 111 Å². The second-order valence-electron chi connectivity index (χ2n) is 3.92. The monoisotopic (exact) mass is 307 g/mol. The lowest BCUT2D eigenvalue weighted by Gasteiger charge is -2.05. The van der Waals surface area contributed by atoms with Crippen molar-refractivity contribution in [1.82, 2.24) is 15.2 Å². The number of aromatic nitrogens is 3. The Bertz CT molecular complexity index is 875. The molecule has 3 N–H and O–H groups in total. The summed E-state index contributed by atoms with van der Waals surface area (Å²) in [6.07, 6.45) is 1.68. The number of hydrogen-bond acceptors (Lipinski definition) is 7. The highest BCUT2D eigenvalue weighted by Gasteiger charge is 2.19. The van der Waals surface area contributed by atoms with Crippen LogP contribution in [0.3, 0.4) is 0 Å². The number of fused-ring (bicyclic) bond motifs is 1. The molecule has 0 unspecified atom stereocenters. The lowest BCUT2D eigenvalue weighted by atomic mass is 10.2. The van der Waals surface area contributed by atoms with E-state index in [1.165, 1.54) is 0 Å². The standard InChI is InChI=1S/C11H9N5O2S2/c12-10-14-15-11(19-10)20(17,18)16-8-3-4-9-7(6-8)2-1-5-13-9/h1-6,16H,(H2,12,14). The van der Waals surface area contributed by atoms with Gasteiger partial charge in [-0.15, -0.1) is 10.2 Å². The molecule has 0 radical (unpaired) electrons. The second kappa shape index (κ2) is 4.69. The fourth-order valence-corrected chi connectivity index (χ4v) is 3.50. The average Bonchev–Trinajstić information content (AvgIpc) is 2.86. The van der Waals surface area contributed by atoms with Gasteiger partial charge in [0, 0.05) is 17.3 Å². The number of nitrogens with two attached hydrogens (primary N) is 1. The number of anilines is 2. The molecule has 20 heavy (non-hydrogen) atoms. The molecular weight excluding hydrogens is 298 g/mol. The Balaban J connectivity index is 1.96. The van der Waals surface area contributed by atoms with Gasteiger partial charge in [-0.05, 0) is 24.3 Å². The van der Waals surface area contributed by atoms with E-state index in [0.717, 1.165) is 22.2 Å². The van der Waals surface area contributed by atoms with Crippen molar-refractivity contribution in [3.05, 3.63) is 36.5 Å². The number of nitrogen functional groups attached to an aromatic ring is 1. The first-order chi connectivity index (χ1) is 9.54. The highest BCUT2D eigenvalue weighted by molar-refractivity contribution is 7.94. The van der Waals surface area contributed by atoms with Gasteiger partial charge in [0.1, 0.15) is 0 Å². The zero-order valence-corrected chi connectivity index (χ0v) is 11.6. The maximum Gasteiger partial charge on any atom is 0.291 e. The van der Waals surface area contributed by atoms with Crippen LogP contribution in [0, 0.1) is 0 Å². The van der Waals surface area contributed by atoms with Crippen LogP contribution in [0.15, 0.2) is 40.9 Å². The van der Waals surface area contributed by atoms with E-state index in [-0.39, 0.29) is 9.47 Å². The zero-order chi connectivity index (χ0) is 14.2. The van der Waals surface area contributed by atoms with Crippen LogP contribution in [0.1, 0.15) is 0 Å². The molecule has 0 aliphatic rings. The number of nitrogens with one attached hydrogen (secondary N) is 1. The van der Waals surface area contributed by atoms with Crippen LogP contribution in [0.4, 0.5) is 10.8 Å². The van der Waals surface area contributed by atoms with Gasteiger partial charge in [0.25, 0.3) is 14.4 Å². The van der Waals surface area contributed by atoms with E-state index in [0.29, 0.717) is 5.69 Å². The summed E-state index contributed by atoms with van der Waals surface area (Å²) in [5, 5.41) is 7.96. The number of hydrogen-bond donors (Lipinski definition) is 2. The third kappa shape index (κ3) is 2.40. The lowest BCUT2D eigenvalue weighted by Crippen LogP contribution is -2.12. The molecule has 0 saturated carbocycles. The number of nitrogens with zero attached hydrogens (tertiary/aromatic N) is 3. The van der Waals surface area contributed by atoms with Crippen molar-refractivity contribution in [2.75, 3.05) is 10.5 Å². The third-order valence-corrected chi connectivity index (χ3v) is 5.01. The number of sulfonamides is 1. The molecule has 7 nitrogen and oxygen atoms in total. The fourth-order valence-electron chi connectivity index (χ4n) is 1.67. The molecule has 0 aliphatic heterocycles. The third-order valence-electron chi connectivity index (χ3n) is 2.51. The molecule has 102 valence electrons. The normalized spacial score (nSPS) is 11.6. The van der Waals surface area contributed by atoms with Crippen LogP contribution in [-0.2, 0) is 10.0 Å². The quantitative estimate of drug-likeness (QED) is 0.758. The van der Waals surface area contributed by atoms with Crippen molar-refractivity contribution < 1.29 is 8.42 Å². The lowest BCUT2D eigenvalue weighted by molar-refractivity contribution is 0.599. The molecule has 0 amide bonds. The van der Waals surface area contributed by atoms with Gasteiger partial charge in [0.2, 0.25) is 5.13 Å². The van der Waals surface area contributed by atoms with Crippen molar-refractivity contribution in [1.29, 1.82) is 0 Å². The van der Waals surface area contributed by atoms with Gasteiger partial charge in [-0.25, -0.2) is 0 Å². The molecule has 1 aromatic carbocycles. The van der Waals surface area contributed by atoms with E-state index in [1.807, 2.05) is 6.07 Å². The molecule has 0 fully saturated rings. The molecule has 0 atom stereocenters. The minimum Gasteiger partial charge on any atom is -0.374 e. The Kier molecular flexibility index (Phi) is 2.99. The predicted molar refractivity (Wildman–Crippen MR) is 76.9 cm³/mol. The van der Waals surface area contributed by atoms with Crippen LogP contribution in [0.25, 0.3) is 10.9 Å². The van der Waals surface area contributed by atoms with Gasteiger partial charge in [0.05, 0.1) is 5.52 Å². The summed E-state index contributed by atoms with van der Waals surface area (Å²) in [4.78, 5) is 4.17. The maximum absolute atomic E-state index is 12.1. The van der Waals surface area contributed by atoms with E-state index in [1.54, 1.807) is 30.5 Å². The van der Waals surface area contributed by atoms with E-state index < -0.39 is 10.0 Å². The highest BCUT2D eigenvalue weighted by Crippen LogP contribution is 2.22. The first-order valence-electron chi connectivity index (χ1n) is 5.51. The molecule has 2 aromatic heterocycles. The van der Waals surface area contributed by atoms with Crippen molar-refractivity contribution in [3.63, 3.8) is 0 Å². The van der Waals surface area contributed by atoms with Gasteiger partial charge < -0.3 is 5.73 Å². The largest absolute Gasteiger partial charge is 0.374 e. The Hall–Kier alpha value is -2.26. The van der Waals surface area contributed by atoms with Crippen molar-refractivity contribution in [3.8, 4) is 0 Å². The van der Waals surface area contributed by atoms with Crippen LogP contribution >= 0.6 is 11.3 Å². The first kappa shape index (κ1) is 12.8. The molecule has 9 heteroatoms. The van der Waals surface area contributed by atoms with E-state index in [4.69, 9.17) is 5.73 Å². The summed E-state index contributed by atoms with van der Waals surface area (Å²) < 4.78 is 26.4. The van der Waals surface area contributed by atoms with Gasteiger partial charge >= 0.3 is 0 Å². The van der Waals surface area contributed by atoms with E-state index >= 15 is 0 Å². The van der Waals surface area contributed by atoms with Crippen LogP contribution in [-0.4, -0.2) is 23.6 Å². The smallest absolute Gasteiger partial charge is 0.291 e. The Labute approximate surface area is 118 Å². The van der Waals surface area contributed by atoms with Crippen molar-refractivity contribution in [2.45, 2.75) is 4.34 Å². The molecule has 0 aliphatic carbocycles. The number of pyridine rings is 1. The molecule has 0 saturated heterocycles. The SMILES string of the molecule is Nc1nnc(S(=O)(=O)Nc2ccc3ncccc3c2)s1. The van der Waals surface area contributed by atoms with Gasteiger partial charge in [0.15, 0.2) is 0 Å². The summed E-state index contributed by atoms with van der Waals surface area (Å²) in [5.74, 6) is 0. The van der Waals surface area contributed by atoms with E-state index in [9.17, 15) is 8.42 Å². The molecule has 3 aromatic rings. The fraction of sp³-hybridized carbons (Fsp3) is 0. The number of benzene rings is 1. The van der Waals surface area contributed by atoms with Gasteiger partial charge in [-0.2, -0.15) is 8.42 Å². The molecule has 0 spiro atoms. The average molecular weight is 307 g/mol. The summed E-state index contributed by atoms with van der Waals surface area (Å²) in [7, 11) is -3.77. The zero-order valence-electron chi connectivity index (χ0n) is 10.0. The minimum atomic E-state index is -3.77. The number of rotatable bonds is 3. The Morgan fingerprint density at radius 3 is 2.80 bits per heavy atom. The molecular formula is C11H9N5O2S2. The van der Waals surface area contributed by atoms with E-state index in [2.05, 4.69) is 19.9 Å². The summed E-state index contributed by atoms with van der Waals surface area (Å²) in [6, 6.07) is 8.71. The molecule has 0 bridgehead atoms. The molecule has 3 rings (SSSR count). The predicted octanol–water partition coefficient (Wildman–Crippen LogP) is 1.47.